The molecule has 0 heterocycles. The van der Waals surface area contributed by atoms with Gasteiger partial charge in [-0.25, -0.2) is 0 Å². The van der Waals surface area contributed by atoms with Crippen LogP contribution in [0.25, 0.3) is 0 Å². The van der Waals surface area contributed by atoms with Crippen molar-refractivity contribution < 1.29 is 5.48 Å². The van der Waals surface area contributed by atoms with Crippen molar-refractivity contribution >= 4 is 0 Å². The summed E-state index contributed by atoms with van der Waals surface area (Å²) in [4.78, 5) is 0. The van der Waals surface area contributed by atoms with E-state index in [0.717, 1.165) is 0 Å². The highest BCUT2D eigenvalue weighted by molar-refractivity contribution is 5.32. The zero-order valence-electron chi connectivity index (χ0n) is 18.5. The molecule has 0 aromatic heterocycles. The van der Waals surface area contributed by atoms with Crippen molar-refractivity contribution in [1.82, 2.24) is 0 Å². The monoisotopic (exact) mass is 377 g/mol. The molecule has 27 heavy (non-hydrogen) atoms. The number of aryl methyl sites for hydroxylation is 1. The Bertz CT molecular complexity index is 450. The van der Waals surface area contributed by atoms with Crippen LogP contribution < -0.4 is 5.73 Å². The largest absolute Gasteiger partial charge is 0.412 e. The van der Waals surface area contributed by atoms with Crippen LogP contribution in [0.5, 0.6) is 0 Å². The molecule has 0 aliphatic carbocycles. The van der Waals surface area contributed by atoms with E-state index in [1.807, 2.05) is 0 Å². The van der Waals surface area contributed by atoms with Gasteiger partial charge in [0.1, 0.15) is 0 Å². The second-order valence-corrected chi connectivity index (χ2v) is 8.73. The number of unbranched alkanes of at least 4 members (excludes halogenated alkanes) is 13. The molecule has 0 fully saturated rings. The summed E-state index contributed by atoms with van der Waals surface area (Å²) < 4.78 is 0. The van der Waals surface area contributed by atoms with E-state index in [9.17, 15) is 0 Å². The number of hydrogen-bond donors (Lipinski definition) is 1. The fourth-order valence-electron chi connectivity index (χ4n) is 3.88. The molecule has 1 aromatic carbocycles. The third-order valence-electron chi connectivity index (χ3n) is 5.51. The maximum atomic E-state index is 6.31. The molecule has 0 bridgehead atoms. The molecule has 0 saturated heterocycles. The molecule has 0 aliphatic rings. The zero-order valence-corrected chi connectivity index (χ0v) is 18.5. The highest BCUT2D eigenvalue weighted by Gasteiger charge is 2.17. The molecule has 0 saturated carbocycles. The van der Waals surface area contributed by atoms with Gasteiger partial charge in [0, 0.05) is 5.54 Å². The summed E-state index contributed by atoms with van der Waals surface area (Å²) in [6.45, 7) is 6.51. The van der Waals surface area contributed by atoms with E-state index >= 15 is 0 Å². The standard InChI is InChI=1S/C25H45N.H2O/c1-4-5-6-7-8-9-10-11-12-13-14-15-16-17-20-23-21-18-19-22-24(23)25(2,3)26;/h18-19,21-22H,4-17,20,26H2,1-3H3;1H2. The van der Waals surface area contributed by atoms with Crippen molar-refractivity contribution in [3.63, 3.8) is 0 Å². The van der Waals surface area contributed by atoms with Crippen LogP contribution in [0, 0.1) is 0 Å². The van der Waals surface area contributed by atoms with Crippen LogP contribution in [0.1, 0.15) is 122 Å². The first-order valence-electron chi connectivity index (χ1n) is 11.4. The van der Waals surface area contributed by atoms with Gasteiger partial charge in [0.15, 0.2) is 0 Å². The summed E-state index contributed by atoms with van der Waals surface area (Å²) in [5, 5.41) is 0. The molecular formula is C25H47NO. The lowest BCUT2D eigenvalue weighted by molar-refractivity contribution is 0.531. The minimum absolute atomic E-state index is 0. The molecule has 0 atom stereocenters. The lowest BCUT2D eigenvalue weighted by Gasteiger charge is -2.23. The van der Waals surface area contributed by atoms with E-state index < -0.39 is 0 Å². The maximum absolute atomic E-state index is 6.31. The highest BCUT2D eigenvalue weighted by Crippen LogP contribution is 2.23. The van der Waals surface area contributed by atoms with Gasteiger partial charge in [0.2, 0.25) is 0 Å². The van der Waals surface area contributed by atoms with Gasteiger partial charge in [0.05, 0.1) is 0 Å². The number of benzene rings is 1. The van der Waals surface area contributed by atoms with Crippen molar-refractivity contribution in [1.29, 1.82) is 0 Å². The molecule has 1 aromatic rings. The summed E-state index contributed by atoms with van der Waals surface area (Å²) in [6.07, 6.45) is 21.0. The van der Waals surface area contributed by atoms with Gasteiger partial charge >= 0.3 is 0 Å². The highest BCUT2D eigenvalue weighted by atomic mass is 16.0. The van der Waals surface area contributed by atoms with Gasteiger partial charge in [-0.05, 0) is 37.8 Å². The predicted octanol–water partition coefficient (Wildman–Crippen LogP) is 7.08. The van der Waals surface area contributed by atoms with Crippen LogP contribution >= 0.6 is 0 Å². The Kier molecular flexibility index (Phi) is 15.6. The van der Waals surface area contributed by atoms with Gasteiger partial charge in [-0.1, -0.05) is 115 Å². The van der Waals surface area contributed by atoms with Crippen LogP contribution in [0.4, 0.5) is 0 Å². The predicted molar refractivity (Wildman–Crippen MR) is 121 cm³/mol. The molecular weight excluding hydrogens is 330 g/mol. The van der Waals surface area contributed by atoms with Crippen molar-refractivity contribution in [2.24, 2.45) is 5.73 Å². The molecule has 0 unspecified atom stereocenters. The third-order valence-corrected chi connectivity index (χ3v) is 5.51. The smallest absolute Gasteiger partial charge is 0.0355 e. The Morgan fingerprint density at radius 3 is 1.52 bits per heavy atom. The lowest BCUT2D eigenvalue weighted by atomic mass is 9.89. The molecule has 2 heteroatoms. The second-order valence-electron chi connectivity index (χ2n) is 8.73. The molecule has 1 rings (SSSR count). The fraction of sp³-hybridized carbons (Fsp3) is 0.760. The molecule has 0 radical (unpaired) electrons. The molecule has 158 valence electrons. The summed E-state index contributed by atoms with van der Waals surface area (Å²) in [5.74, 6) is 0. The molecule has 4 N–H and O–H groups in total. The van der Waals surface area contributed by atoms with Crippen LogP contribution in [-0.2, 0) is 12.0 Å². The minimum atomic E-state index is -0.230. The van der Waals surface area contributed by atoms with Crippen LogP contribution in [0.2, 0.25) is 0 Å². The van der Waals surface area contributed by atoms with Gasteiger partial charge in [-0.2, -0.15) is 0 Å². The molecule has 2 nitrogen and oxygen atoms in total. The van der Waals surface area contributed by atoms with Gasteiger partial charge in [0.25, 0.3) is 0 Å². The summed E-state index contributed by atoms with van der Waals surface area (Å²) in [5.41, 5.74) is 8.84. The maximum Gasteiger partial charge on any atom is 0.0355 e. The van der Waals surface area contributed by atoms with E-state index in [1.165, 1.54) is 107 Å². The Hall–Kier alpha value is -0.860. The number of rotatable bonds is 16. The average molecular weight is 378 g/mol. The van der Waals surface area contributed by atoms with E-state index in [2.05, 4.69) is 45.0 Å². The van der Waals surface area contributed by atoms with E-state index in [0.29, 0.717) is 0 Å². The Morgan fingerprint density at radius 1 is 0.667 bits per heavy atom. The summed E-state index contributed by atoms with van der Waals surface area (Å²) >= 11 is 0. The molecule has 0 amide bonds. The van der Waals surface area contributed by atoms with Gasteiger partial charge in [-0.15, -0.1) is 0 Å². The first-order valence-corrected chi connectivity index (χ1v) is 11.4. The topological polar surface area (TPSA) is 57.5 Å². The molecule has 0 spiro atoms. The van der Waals surface area contributed by atoms with Gasteiger partial charge < -0.3 is 11.2 Å². The normalized spacial score (nSPS) is 11.4. The van der Waals surface area contributed by atoms with E-state index in [4.69, 9.17) is 5.73 Å². The average Bonchev–Trinajstić information content (AvgIpc) is 2.61. The first-order chi connectivity index (χ1) is 12.6. The van der Waals surface area contributed by atoms with Gasteiger partial charge in [-0.3, -0.25) is 0 Å². The molecule has 0 aliphatic heterocycles. The second kappa shape index (κ2) is 16.1. The first kappa shape index (κ1) is 26.1. The Labute approximate surface area is 169 Å². The van der Waals surface area contributed by atoms with Crippen molar-refractivity contribution in [3.8, 4) is 0 Å². The number of hydrogen-bond acceptors (Lipinski definition) is 1. The van der Waals surface area contributed by atoms with Crippen molar-refractivity contribution in [2.75, 3.05) is 0 Å². The van der Waals surface area contributed by atoms with Crippen molar-refractivity contribution in [2.45, 2.75) is 123 Å². The van der Waals surface area contributed by atoms with Crippen LogP contribution in [0.15, 0.2) is 24.3 Å². The Morgan fingerprint density at radius 2 is 1.07 bits per heavy atom. The fourth-order valence-corrected chi connectivity index (χ4v) is 3.88. The SMILES string of the molecule is CCCCCCCCCCCCCCCCc1ccccc1C(C)(C)N.O. The quantitative estimate of drug-likeness (QED) is 0.307. The summed E-state index contributed by atoms with van der Waals surface area (Å²) in [6, 6.07) is 8.71. The lowest BCUT2D eigenvalue weighted by Crippen LogP contribution is -2.30. The third kappa shape index (κ3) is 13.0. The summed E-state index contributed by atoms with van der Waals surface area (Å²) in [7, 11) is 0. The van der Waals surface area contributed by atoms with Crippen LogP contribution in [-0.4, -0.2) is 5.48 Å². The Balaban J connectivity index is 0.00000676. The minimum Gasteiger partial charge on any atom is -0.412 e. The zero-order chi connectivity index (χ0) is 19.1. The van der Waals surface area contributed by atoms with E-state index in [-0.39, 0.29) is 11.0 Å². The number of nitrogens with two attached hydrogens (primary N) is 1. The van der Waals surface area contributed by atoms with Crippen molar-refractivity contribution in [3.05, 3.63) is 35.4 Å². The van der Waals surface area contributed by atoms with E-state index in [1.54, 1.807) is 0 Å². The van der Waals surface area contributed by atoms with Crippen LogP contribution in [0.3, 0.4) is 0 Å².